The lowest BCUT2D eigenvalue weighted by molar-refractivity contribution is 0.613. The highest BCUT2D eigenvalue weighted by Crippen LogP contribution is 2.56. The SMILES string of the molecule is CN1c2ccccc2C[C@H]2c3c(n(-c4ccccc4)c4ccccc34)S[C@H]21. The molecule has 0 N–H and O–H groups in total. The van der Waals surface area contributed by atoms with E-state index in [1.807, 2.05) is 11.8 Å². The summed E-state index contributed by atoms with van der Waals surface area (Å²) in [6.07, 6.45) is 1.12. The van der Waals surface area contributed by atoms with Gasteiger partial charge in [0.1, 0.15) is 0 Å². The van der Waals surface area contributed by atoms with E-state index >= 15 is 0 Å². The number of benzene rings is 3. The summed E-state index contributed by atoms with van der Waals surface area (Å²) in [6, 6.07) is 28.6. The molecule has 0 fully saturated rings. The van der Waals surface area contributed by atoms with Crippen LogP contribution in [-0.2, 0) is 6.42 Å². The zero-order chi connectivity index (χ0) is 18.0. The van der Waals surface area contributed by atoms with Crippen molar-refractivity contribution in [3.63, 3.8) is 0 Å². The van der Waals surface area contributed by atoms with Gasteiger partial charge in [0, 0.05) is 29.7 Å². The maximum atomic E-state index is 2.48. The van der Waals surface area contributed by atoms with Gasteiger partial charge >= 0.3 is 0 Å². The van der Waals surface area contributed by atoms with Gasteiger partial charge in [-0.05, 0) is 41.8 Å². The molecular formula is C24H20N2S. The predicted octanol–water partition coefficient (Wildman–Crippen LogP) is 5.84. The second-order valence-electron chi connectivity index (χ2n) is 7.47. The first-order valence-corrected chi connectivity index (χ1v) is 10.4. The summed E-state index contributed by atoms with van der Waals surface area (Å²) in [4.78, 5) is 2.48. The van der Waals surface area contributed by atoms with Crippen LogP contribution in [0.5, 0.6) is 0 Å². The zero-order valence-electron chi connectivity index (χ0n) is 15.2. The fraction of sp³-hybridized carbons (Fsp3) is 0.167. The minimum atomic E-state index is 0.462. The van der Waals surface area contributed by atoms with Crippen molar-refractivity contribution in [3.8, 4) is 5.69 Å². The molecule has 3 heterocycles. The highest BCUT2D eigenvalue weighted by molar-refractivity contribution is 8.00. The average Bonchev–Trinajstić information content (AvgIpc) is 3.24. The van der Waals surface area contributed by atoms with Crippen LogP contribution in [0.3, 0.4) is 0 Å². The van der Waals surface area contributed by atoms with E-state index in [4.69, 9.17) is 0 Å². The van der Waals surface area contributed by atoms with Crippen LogP contribution < -0.4 is 4.90 Å². The number of anilines is 1. The quantitative estimate of drug-likeness (QED) is 0.417. The highest BCUT2D eigenvalue weighted by atomic mass is 32.2. The van der Waals surface area contributed by atoms with Crippen LogP contribution in [0.4, 0.5) is 5.69 Å². The van der Waals surface area contributed by atoms with E-state index in [1.165, 1.54) is 38.4 Å². The first-order valence-electron chi connectivity index (χ1n) is 9.49. The monoisotopic (exact) mass is 368 g/mol. The molecule has 0 amide bonds. The Morgan fingerprint density at radius 3 is 2.48 bits per heavy atom. The number of para-hydroxylation sites is 3. The van der Waals surface area contributed by atoms with Gasteiger partial charge in [0.2, 0.25) is 0 Å². The van der Waals surface area contributed by atoms with Gasteiger partial charge in [-0.15, -0.1) is 0 Å². The average molecular weight is 369 g/mol. The van der Waals surface area contributed by atoms with Crippen LogP contribution in [0.15, 0.2) is 83.9 Å². The van der Waals surface area contributed by atoms with Crippen LogP contribution in [0, 0.1) is 0 Å². The maximum absolute atomic E-state index is 2.48. The van der Waals surface area contributed by atoms with Gasteiger partial charge in [-0.3, -0.25) is 0 Å². The molecule has 3 aromatic carbocycles. The molecule has 2 nitrogen and oxygen atoms in total. The van der Waals surface area contributed by atoms with Crippen molar-refractivity contribution in [3.05, 3.63) is 90.0 Å². The van der Waals surface area contributed by atoms with Gasteiger partial charge in [0.15, 0.2) is 0 Å². The summed E-state index contributed by atoms with van der Waals surface area (Å²) in [6.45, 7) is 0. The molecule has 1 aromatic heterocycles. The Bertz CT molecular complexity index is 1160. The minimum Gasteiger partial charge on any atom is -0.361 e. The molecular weight excluding hydrogens is 348 g/mol. The van der Waals surface area contributed by atoms with E-state index in [0.29, 0.717) is 11.3 Å². The fourth-order valence-corrected chi connectivity index (χ4v) is 6.44. The zero-order valence-corrected chi connectivity index (χ0v) is 16.0. The molecule has 0 saturated heterocycles. The second-order valence-corrected chi connectivity index (χ2v) is 8.57. The third-order valence-corrected chi connectivity index (χ3v) is 7.54. The molecule has 0 spiro atoms. The molecule has 2 aliphatic heterocycles. The topological polar surface area (TPSA) is 8.17 Å². The largest absolute Gasteiger partial charge is 0.361 e. The smallest absolute Gasteiger partial charge is 0.0880 e. The van der Waals surface area contributed by atoms with E-state index < -0.39 is 0 Å². The van der Waals surface area contributed by atoms with Crippen LogP contribution in [0.1, 0.15) is 17.0 Å². The summed E-state index contributed by atoms with van der Waals surface area (Å²) < 4.78 is 2.46. The van der Waals surface area contributed by atoms with Crippen molar-refractivity contribution in [2.24, 2.45) is 0 Å². The Balaban J connectivity index is 1.60. The number of nitrogens with zero attached hydrogens (tertiary/aromatic N) is 2. The third-order valence-electron chi connectivity index (χ3n) is 6.02. The van der Waals surface area contributed by atoms with E-state index in [9.17, 15) is 0 Å². The summed E-state index contributed by atoms with van der Waals surface area (Å²) in [5, 5.41) is 3.28. The molecule has 0 unspecified atom stereocenters. The maximum Gasteiger partial charge on any atom is 0.0880 e. The molecule has 3 heteroatoms. The first-order chi connectivity index (χ1) is 13.3. The van der Waals surface area contributed by atoms with E-state index in [-0.39, 0.29) is 0 Å². The van der Waals surface area contributed by atoms with Gasteiger partial charge in [-0.2, -0.15) is 0 Å². The van der Waals surface area contributed by atoms with Gasteiger partial charge in [0.25, 0.3) is 0 Å². The van der Waals surface area contributed by atoms with E-state index in [1.54, 1.807) is 0 Å². The normalized spacial score (nSPS) is 20.4. The minimum absolute atomic E-state index is 0.462. The summed E-state index contributed by atoms with van der Waals surface area (Å²) in [7, 11) is 2.25. The van der Waals surface area contributed by atoms with Gasteiger partial charge < -0.3 is 9.47 Å². The standard InChI is InChI=1S/C24H20N2S/c1-25-20-13-7-5-9-16(20)15-19-22-18-12-6-8-14-21(18)26(24(22)27-23(19)25)17-10-3-2-4-11-17/h2-14,19,23H,15H2,1H3/t19-,23+/m0/s1. The van der Waals surface area contributed by atoms with E-state index in [0.717, 1.165) is 6.42 Å². The molecule has 0 radical (unpaired) electrons. The van der Waals surface area contributed by atoms with Gasteiger partial charge in [-0.25, -0.2) is 0 Å². The molecule has 27 heavy (non-hydrogen) atoms. The van der Waals surface area contributed by atoms with Crippen molar-refractivity contribution in [1.82, 2.24) is 4.57 Å². The Hall–Kier alpha value is -2.65. The second kappa shape index (κ2) is 5.67. The Morgan fingerprint density at radius 2 is 1.59 bits per heavy atom. The van der Waals surface area contributed by atoms with Crippen LogP contribution in [0.2, 0.25) is 0 Å². The van der Waals surface area contributed by atoms with Crippen molar-refractivity contribution in [2.45, 2.75) is 22.7 Å². The van der Waals surface area contributed by atoms with Crippen molar-refractivity contribution < 1.29 is 0 Å². The summed E-state index contributed by atoms with van der Waals surface area (Å²) in [5.41, 5.74) is 6.95. The summed E-state index contributed by atoms with van der Waals surface area (Å²) >= 11 is 2.03. The number of likely N-dealkylation sites (N-methyl/N-ethyl adjacent to an activating group) is 1. The van der Waals surface area contributed by atoms with Crippen LogP contribution in [0.25, 0.3) is 16.6 Å². The number of thioether (sulfide) groups is 1. The lowest BCUT2D eigenvalue weighted by Crippen LogP contribution is -2.37. The molecule has 2 atom stereocenters. The van der Waals surface area contributed by atoms with Gasteiger partial charge in [-0.1, -0.05) is 66.4 Å². The molecule has 6 rings (SSSR count). The first kappa shape index (κ1) is 15.4. The Labute approximate surface area is 163 Å². The number of hydrogen-bond acceptors (Lipinski definition) is 2. The Kier molecular flexibility index (Phi) is 3.24. The number of aromatic nitrogens is 1. The van der Waals surface area contributed by atoms with Crippen LogP contribution >= 0.6 is 11.8 Å². The van der Waals surface area contributed by atoms with E-state index in [2.05, 4.69) is 95.4 Å². The van der Waals surface area contributed by atoms with Crippen molar-refractivity contribution in [2.75, 3.05) is 11.9 Å². The lowest BCUT2D eigenvalue weighted by atomic mass is 9.87. The molecule has 4 aromatic rings. The predicted molar refractivity (Wildman–Crippen MR) is 114 cm³/mol. The Morgan fingerprint density at radius 1 is 0.852 bits per heavy atom. The number of rotatable bonds is 1. The molecule has 2 aliphatic rings. The third kappa shape index (κ3) is 2.09. The van der Waals surface area contributed by atoms with Crippen LogP contribution in [-0.4, -0.2) is 17.0 Å². The van der Waals surface area contributed by atoms with Gasteiger partial charge in [0.05, 0.1) is 15.9 Å². The summed E-state index contributed by atoms with van der Waals surface area (Å²) in [5.74, 6) is 0.528. The fourth-order valence-electron chi connectivity index (χ4n) is 4.84. The molecule has 132 valence electrons. The lowest BCUT2D eigenvalue weighted by Gasteiger charge is -2.37. The molecule has 0 aliphatic carbocycles. The van der Waals surface area contributed by atoms with Crippen molar-refractivity contribution in [1.29, 1.82) is 0 Å². The number of fused-ring (bicyclic) bond motifs is 6. The van der Waals surface area contributed by atoms with Crippen molar-refractivity contribution >= 4 is 28.4 Å². The molecule has 0 saturated carbocycles. The highest BCUT2D eigenvalue weighted by Gasteiger charge is 2.43. The number of hydrogen-bond donors (Lipinski definition) is 0. The molecule has 0 bridgehead atoms.